The van der Waals surface area contributed by atoms with Crippen LogP contribution in [-0.4, -0.2) is 45.0 Å². The maximum atomic E-state index is 16.9. The number of ketones is 2. The van der Waals surface area contributed by atoms with Crippen LogP contribution in [0.2, 0.25) is 0 Å². The molecule has 0 bridgehead atoms. The van der Waals surface area contributed by atoms with Crippen molar-refractivity contribution in [3.8, 4) is 0 Å². The predicted octanol–water partition coefficient (Wildman–Crippen LogP) is 3.14. The van der Waals surface area contributed by atoms with Crippen molar-refractivity contribution >= 4 is 23.2 Å². The van der Waals surface area contributed by atoms with E-state index in [4.69, 9.17) is 11.6 Å². The molecule has 0 aromatic heterocycles. The molecule has 28 heavy (non-hydrogen) atoms. The van der Waals surface area contributed by atoms with E-state index in [2.05, 4.69) is 0 Å². The Kier molecular flexibility index (Phi) is 4.33. The summed E-state index contributed by atoms with van der Waals surface area (Å²) >= 11 is 5.81. The van der Waals surface area contributed by atoms with E-state index in [-0.39, 0.29) is 29.9 Å². The number of hydrogen-bond donors (Lipinski definition) is 2. The van der Waals surface area contributed by atoms with Crippen molar-refractivity contribution in [2.24, 2.45) is 28.6 Å². The largest absolute Gasteiger partial charge is 0.390 e. The third-order valence-corrected chi connectivity index (χ3v) is 9.01. The first kappa shape index (κ1) is 20.2. The number of halogens is 2. The molecule has 0 aliphatic heterocycles. The molecule has 2 N–H and O–H groups in total. The molecule has 0 heterocycles. The fourth-order valence-corrected chi connectivity index (χ4v) is 7.45. The molecule has 0 aromatic rings. The molecule has 0 saturated heterocycles. The highest BCUT2D eigenvalue weighted by molar-refractivity contribution is 6.29. The highest BCUT2D eigenvalue weighted by atomic mass is 35.5. The SMILES string of the molecule is C[C@H]1C[C@@H]2[C@H]3CCC4=CC(=O)C=C[C@]4(C)[C@]3(F)[C@@H](O)C[C@@]2(C)[C@]1(O)C(=O)CCl. The van der Waals surface area contributed by atoms with Crippen molar-refractivity contribution < 1.29 is 24.2 Å². The first-order valence-electron chi connectivity index (χ1n) is 10.1. The summed E-state index contributed by atoms with van der Waals surface area (Å²) in [4.78, 5) is 24.5. The maximum absolute atomic E-state index is 16.9. The van der Waals surface area contributed by atoms with Gasteiger partial charge in [0.1, 0.15) is 5.60 Å². The van der Waals surface area contributed by atoms with E-state index in [0.29, 0.717) is 19.3 Å². The number of carbonyl (C=O) groups excluding carboxylic acids is 2. The third-order valence-electron chi connectivity index (χ3n) is 8.77. The second kappa shape index (κ2) is 5.99. The number of allylic oxidation sites excluding steroid dienone is 4. The molecular formula is C22H28ClFO4. The van der Waals surface area contributed by atoms with Gasteiger partial charge in [-0.3, -0.25) is 9.59 Å². The minimum absolute atomic E-state index is 0.0151. The van der Waals surface area contributed by atoms with E-state index in [1.54, 1.807) is 13.0 Å². The summed E-state index contributed by atoms with van der Waals surface area (Å²) in [5, 5.41) is 22.6. The van der Waals surface area contributed by atoms with Crippen LogP contribution >= 0.6 is 11.6 Å². The van der Waals surface area contributed by atoms with Crippen molar-refractivity contribution in [2.75, 3.05) is 5.88 Å². The standard InChI is InChI=1S/C22H28ClFO4/c1-12-8-16-15-5-4-13-9-14(25)6-7-19(13,2)21(15,24)17(26)10-20(16,3)22(12,28)18(27)11-23/h6-7,9,12,15-17,26,28H,4-5,8,10-11H2,1-3H3/t12-,15+,16+,17-,19-,20+,21+,22+/m0/s1. The van der Waals surface area contributed by atoms with Crippen LogP contribution in [-0.2, 0) is 9.59 Å². The van der Waals surface area contributed by atoms with Gasteiger partial charge in [-0.1, -0.05) is 25.5 Å². The number of alkyl halides is 2. The molecule has 154 valence electrons. The molecule has 3 saturated carbocycles. The zero-order valence-electron chi connectivity index (χ0n) is 16.5. The summed E-state index contributed by atoms with van der Waals surface area (Å²) in [7, 11) is 0. The number of fused-ring (bicyclic) bond motifs is 5. The van der Waals surface area contributed by atoms with Crippen molar-refractivity contribution in [3.63, 3.8) is 0 Å². The van der Waals surface area contributed by atoms with Crippen LogP contribution in [0.5, 0.6) is 0 Å². The number of aliphatic hydroxyl groups excluding tert-OH is 1. The van der Waals surface area contributed by atoms with Gasteiger partial charge < -0.3 is 10.2 Å². The molecule has 0 unspecified atom stereocenters. The summed E-state index contributed by atoms with van der Waals surface area (Å²) in [6.07, 6.45) is 4.69. The van der Waals surface area contributed by atoms with Crippen molar-refractivity contribution in [1.82, 2.24) is 0 Å². The average Bonchev–Trinajstić information content (AvgIpc) is 2.84. The Morgan fingerprint density at radius 2 is 2.04 bits per heavy atom. The monoisotopic (exact) mass is 410 g/mol. The van der Waals surface area contributed by atoms with Gasteiger partial charge in [-0.05, 0) is 56.6 Å². The van der Waals surface area contributed by atoms with E-state index < -0.39 is 39.9 Å². The van der Waals surface area contributed by atoms with Gasteiger partial charge >= 0.3 is 0 Å². The van der Waals surface area contributed by atoms with Crippen LogP contribution in [0.1, 0.15) is 46.5 Å². The van der Waals surface area contributed by atoms with Gasteiger partial charge in [-0.25, -0.2) is 4.39 Å². The number of hydrogen-bond acceptors (Lipinski definition) is 4. The van der Waals surface area contributed by atoms with E-state index in [1.165, 1.54) is 12.2 Å². The smallest absolute Gasteiger partial charge is 0.179 e. The predicted molar refractivity (Wildman–Crippen MR) is 104 cm³/mol. The van der Waals surface area contributed by atoms with Crippen LogP contribution in [0.3, 0.4) is 0 Å². The third kappa shape index (κ3) is 2.08. The zero-order valence-corrected chi connectivity index (χ0v) is 17.3. The van der Waals surface area contributed by atoms with Crippen molar-refractivity contribution in [1.29, 1.82) is 0 Å². The maximum Gasteiger partial charge on any atom is 0.179 e. The second-order valence-electron chi connectivity index (χ2n) is 9.72. The lowest BCUT2D eigenvalue weighted by atomic mass is 9.44. The van der Waals surface area contributed by atoms with E-state index in [1.807, 2.05) is 13.8 Å². The molecule has 6 heteroatoms. The number of aliphatic hydroxyl groups is 2. The topological polar surface area (TPSA) is 74.6 Å². The summed E-state index contributed by atoms with van der Waals surface area (Å²) in [6, 6.07) is 0. The Morgan fingerprint density at radius 3 is 2.68 bits per heavy atom. The Bertz CT molecular complexity index is 808. The minimum atomic E-state index is -1.95. The van der Waals surface area contributed by atoms with Crippen LogP contribution < -0.4 is 0 Å². The first-order chi connectivity index (χ1) is 13.0. The fourth-order valence-electron chi connectivity index (χ4n) is 7.24. The van der Waals surface area contributed by atoms with Gasteiger partial charge in [0.2, 0.25) is 0 Å². The highest BCUT2D eigenvalue weighted by Gasteiger charge is 2.75. The van der Waals surface area contributed by atoms with Gasteiger partial charge in [0.05, 0.1) is 12.0 Å². The van der Waals surface area contributed by atoms with Crippen LogP contribution in [0.15, 0.2) is 23.8 Å². The molecule has 0 radical (unpaired) electrons. The van der Waals surface area contributed by atoms with Gasteiger partial charge in [-0.15, -0.1) is 11.6 Å². The van der Waals surface area contributed by atoms with E-state index in [9.17, 15) is 19.8 Å². The molecule has 8 atom stereocenters. The van der Waals surface area contributed by atoms with E-state index in [0.717, 1.165) is 5.57 Å². The molecule has 3 fully saturated rings. The average molecular weight is 411 g/mol. The Hall–Kier alpha value is -1.04. The Labute approximate surface area is 169 Å². The summed E-state index contributed by atoms with van der Waals surface area (Å²) in [5.41, 5.74) is -4.90. The first-order valence-corrected chi connectivity index (χ1v) is 10.6. The Balaban J connectivity index is 1.84. The fraction of sp³-hybridized carbons (Fsp3) is 0.727. The zero-order chi connectivity index (χ0) is 20.7. The Morgan fingerprint density at radius 1 is 1.36 bits per heavy atom. The van der Waals surface area contributed by atoms with Crippen LogP contribution in [0, 0.1) is 28.6 Å². The summed E-state index contributed by atoms with van der Waals surface area (Å²) < 4.78 is 16.9. The van der Waals surface area contributed by atoms with Gasteiger partial charge in [0, 0.05) is 16.7 Å². The lowest BCUT2D eigenvalue weighted by Crippen LogP contribution is -2.69. The summed E-state index contributed by atoms with van der Waals surface area (Å²) in [6.45, 7) is 5.38. The van der Waals surface area contributed by atoms with E-state index >= 15 is 4.39 Å². The number of rotatable bonds is 2. The van der Waals surface area contributed by atoms with Gasteiger partial charge in [-0.2, -0.15) is 0 Å². The normalized spacial score (nSPS) is 52.5. The number of carbonyl (C=O) groups is 2. The molecule has 4 aliphatic rings. The lowest BCUT2D eigenvalue weighted by Gasteiger charge is -2.62. The quantitative estimate of drug-likeness (QED) is 0.686. The van der Waals surface area contributed by atoms with Crippen molar-refractivity contribution in [2.45, 2.75) is 63.8 Å². The van der Waals surface area contributed by atoms with Crippen molar-refractivity contribution in [3.05, 3.63) is 23.8 Å². The molecule has 4 rings (SSSR count). The lowest BCUT2D eigenvalue weighted by molar-refractivity contribution is -0.218. The number of Topliss-reactive ketones (excluding diaryl/α,β-unsaturated/α-hetero) is 1. The molecule has 4 nitrogen and oxygen atoms in total. The highest BCUT2D eigenvalue weighted by Crippen LogP contribution is 2.70. The minimum Gasteiger partial charge on any atom is -0.390 e. The van der Waals surface area contributed by atoms with Crippen LogP contribution in [0.4, 0.5) is 4.39 Å². The molecule has 0 aromatic carbocycles. The van der Waals surface area contributed by atoms with Gasteiger partial charge in [0.25, 0.3) is 0 Å². The summed E-state index contributed by atoms with van der Waals surface area (Å²) in [5.74, 6) is -2.03. The van der Waals surface area contributed by atoms with Gasteiger partial charge in [0.15, 0.2) is 17.2 Å². The molecule has 0 amide bonds. The molecular weight excluding hydrogens is 383 g/mol. The van der Waals surface area contributed by atoms with Crippen LogP contribution in [0.25, 0.3) is 0 Å². The molecule has 4 aliphatic carbocycles. The molecule has 0 spiro atoms. The second-order valence-corrected chi connectivity index (χ2v) is 9.99.